The van der Waals surface area contributed by atoms with Crippen LogP contribution in [0.5, 0.6) is 5.75 Å². The molecule has 194 valence electrons. The summed E-state index contributed by atoms with van der Waals surface area (Å²) in [5, 5.41) is 0. The van der Waals surface area contributed by atoms with E-state index in [9.17, 15) is 18.8 Å². The molecule has 0 aliphatic carbocycles. The van der Waals surface area contributed by atoms with Crippen molar-refractivity contribution in [3.8, 4) is 5.75 Å². The number of ether oxygens (including phenoxy) is 2. The van der Waals surface area contributed by atoms with Crippen LogP contribution < -0.4 is 4.74 Å². The number of rotatable bonds is 11. The Hall–Kier alpha value is -3.42. The zero-order valence-electron chi connectivity index (χ0n) is 21.2. The Kier molecular flexibility index (Phi) is 9.85. The molecular formula is C28H35FN2O5. The maximum atomic E-state index is 13.5. The van der Waals surface area contributed by atoms with Gasteiger partial charge in [0.1, 0.15) is 11.6 Å². The molecule has 2 atom stereocenters. The minimum absolute atomic E-state index is 0.00765. The van der Waals surface area contributed by atoms with Crippen LogP contribution in [0.1, 0.15) is 56.7 Å². The SMILES string of the molecule is CCCCN1C(=O)CCC(C(=O)OCC(=O)N(CC)Cc2cccc(F)c2)C1c1ccccc1OC. The summed E-state index contributed by atoms with van der Waals surface area (Å²) in [6, 6.07) is 12.9. The smallest absolute Gasteiger partial charge is 0.311 e. The predicted octanol–water partition coefficient (Wildman–Crippen LogP) is 4.51. The molecule has 0 N–H and O–H groups in total. The van der Waals surface area contributed by atoms with Crippen LogP contribution in [0, 0.1) is 11.7 Å². The number of para-hydroxylation sites is 1. The lowest BCUT2D eigenvalue weighted by molar-refractivity contribution is -0.162. The van der Waals surface area contributed by atoms with Gasteiger partial charge in [0.25, 0.3) is 5.91 Å². The van der Waals surface area contributed by atoms with Gasteiger partial charge >= 0.3 is 5.97 Å². The normalized spacial score (nSPS) is 17.6. The van der Waals surface area contributed by atoms with Gasteiger partial charge in [0.05, 0.1) is 19.1 Å². The van der Waals surface area contributed by atoms with Gasteiger partial charge in [-0.15, -0.1) is 0 Å². The highest BCUT2D eigenvalue weighted by atomic mass is 19.1. The molecule has 8 heteroatoms. The lowest BCUT2D eigenvalue weighted by Crippen LogP contribution is -2.46. The molecule has 0 saturated carbocycles. The molecule has 1 aliphatic rings. The first-order chi connectivity index (χ1) is 17.4. The second-order valence-corrected chi connectivity index (χ2v) is 8.92. The summed E-state index contributed by atoms with van der Waals surface area (Å²) in [7, 11) is 1.56. The monoisotopic (exact) mass is 498 g/mol. The van der Waals surface area contributed by atoms with E-state index < -0.39 is 24.5 Å². The second kappa shape index (κ2) is 13.0. The molecule has 1 saturated heterocycles. The number of piperidine rings is 1. The van der Waals surface area contributed by atoms with Gasteiger partial charge in [0, 0.05) is 31.6 Å². The molecule has 0 bridgehead atoms. The van der Waals surface area contributed by atoms with Gasteiger partial charge in [-0.3, -0.25) is 14.4 Å². The van der Waals surface area contributed by atoms with E-state index in [4.69, 9.17) is 9.47 Å². The van der Waals surface area contributed by atoms with E-state index in [0.717, 1.165) is 18.4 Å². The highest BCUT2D eigenvalue weighted by Crippen LogP contribution is 2.41. The lowest BCUT2D eigenvalue weighted by Gasteiger charge is -2.41. The van der Waals surface area contributed by atoms with Gasteiger partial charge in [0.15, 0.2) is 6.61 Å². The molecule has 1 fully saturated rings. The molecule has 1 aliphatic heterocycles. The number of benzene rings is 2. The standard InChI is InChI=1S/C28H35FN2O5/c1-4-6-16-31-25(32)15-14-23(27(31)22-12-7-8-13-24(22)35-3)28(34)36-19-26(33)30(5-2)18-20-10-9-11-21(29)17-20/h7-13,17,23,27H,4-6,14-16,18-19H2,1-3H3. The first kappa shape index (κ1) is 27.2. The van der Waals surface area contributed by atoms with Crippen molar-refractivity contribution < 1.29 is 28.2 Å². The van der Waals surface area contributed by atoms with Crippen LogP contribution in [-0.4, -0.2) is 54.4 Å². The zero-order chi connectivity index (χ0) is 26.1. The molecule has 1 heterocycles. The van der Waals surface area contributed by atoms with E-state index in [0.29, 0.717) is 30.8 Å². The fourth-order valence-corrected chi connectivity index (χ4v) is 4.65. The summed E-state index contributed by atoms with van der Waals surface area (Å²) in [5.74, 6) is -1.29. The van der Waals surface area contributed by atoms with Crippen molar-refractivity contribution in [2.45, 2.75) is 52.1 Å². The number of halogens is 1. The molecule has 7 nitrogen and oxygen atoms in total. The van der Waals surface area contributed by atoms with E-state index in [1.165, 1.54) is 17.0 Å². The molecule has 0 aromatic heterocycles. The van der Waals surface area contributed by atoms with E-state index in [2.05, 4.69) is 0 Å². The van der Waals surface area contributed by atoms with E-state index in [1.807, 2.05) is 38.1 Å². The largest absolute Gasteiger partial charge is 0.496 e. The maximum Gasteiger partial charge on any atom is 0.311 e. The van der Waals surface area contributed by atoms with Gasteiger partial charge in [-0.25, -0.2) is 4.39 Å². The van der Waals surface area contributed by atoms with E-state index >= 15 is 0 Å². The second-order valence-electron chi connectivity index (χ2n) is 8.92. The number of hydrogen-bond donors (Lipinski definition) is 0. The molecule has 0 spiro atoms. The number of likely N-dealkylation sites (N-methyl/N-ethyl adjacent to an activating group) is 1. The summed E-state index contributed by atoms with van der Waals surface area (Å²) >= 11 is 0. The van der Waals surface area contributed by atoms with Gasteiger partial charge in [-0.1, -0.05) is 43.7 Å². The number of carbonyl (C=O) groups is 3. The average Bonchev–Trinajstić information content (AvgIpc) is 2.89. The third kappa shape index (κ3) is 6.62. The summed E-state index contributed by atoms with van der Waals surface area (Å²) in [6.45, 7) is 4.58. The van der Waals surface area contributed by atoms with Crippen molar-refractivity contribution in [3.05, 3.63) is 65.5 Å². The Labute approximate surface area is 212 Å². The quantitative estimate of drug-likeness (QED) is 0.426. The number of esters is 1. The van der Waals surface area contributed by atoms with Crippen molar-refractivity contribution in [1.82, 2.24) is 9.80 Å². The van der Waals surface area contributed by atoms with Gasteiger partial charge < -0.3 is 19.3 Å². The first-order valence-corrected chi connectivity index (χ1v) is 12.5. The van der Waals surface area contributed by atoms with E-state index in [-0.39, 0.29) is 30.6 Å². The Morgan fingerprint density at radius 2 is 1.92 bits per heavy atom. The fourth-order valence-electron chi connectivity index (χ4n) is 4.65. The van der Waals surface area contributed by atoms with Crippen LogP contribution >= 0.6 is 0 Å². The predicted molar refractivity (Wildman–Crippen MR) is 134 cm³/mol. The van der Waals surface area contributed by atoms with Crippen molar-refractivity contribution >= 4 is 17.8 Å². The molecule has 36 heavy (non-hydrogen) atoms. The molecule has 2 amide bonds. The third-order valence-electron chi connectivity index (χ3n) is 6.55. The molecular weight excluding hydrogens is 463 g/mol. The Morgan fingerprint density at radius 3 is 2.61 bits per heavy atom. The van der Waals surface area contributed by atoms with E-state index in [1.54, 1.807) is 24.1 Å². The Bertz CT molecular complexity index is 1060. The highest BCUT2D eigenvalue weighted by Gasteiger charge is 2.42. The Morgan fingerprint density at radius 1 is 1.14 bits per heavy atom. The van der Waals surface area contributed by atoms with Crippen molar-refractivity contribution in [1.29, 1.82) is 0 Å². The number of unbranched alkanes of at least 4 members (excludes halogenated alkanes) is 1. The zero-order valence-corrected chi connectivity index (χ0v) is 21.2. The topological polar surface area (TPSA) is 76.2 Å². The van der Waals surface area contributed by atoms with Crippen LogP contribution in [-0.2, 0) is 25.7 Å². The van der Waals surface area contributed by atoms with Crippen molar-refractivity contribution in [3.63, 3.8) is 0 Å². The van der Waals surface area contributed by atoms with Crippen LogP contribution in [0.2, 0.25) is 0 Å². The van der Waals surface area contributed by atoms with Gasteiger partial charge in [-0.2, -0.15) is 0 Å². The summed E-state index contributed by atoms with van der Waals surface area (Å²) in [4.78, 5) is 42.3. The summed E-state index contributed by atoms with van der Waals surface area (Å²) in [5.41, 5.74) is 1.41. The average molecular weight is 499 g/mol. The molecule has 2 unspecified atom stereocenters. The van der Waals surface area contributed by atoms with Crippen LogP contribution in [0.25, 0.3) is 0 Å². The lowest BCUT2D eigenvalue weighted by atomic mass is 9.83. The number of methoxy groups -OCH3 is 1. The number of likely N-dealkylation sites (tertiary alicyclic amines) is 1. The molecule has 2 aromatic rings. The number of nitrogens with zero attached hydrogens (tertiary/aromatic N) is 2. The number of hydrogen-bond acceptors (Lipinski definition) is 5. The third-order valence-corrected chi connectivity index (χ3v) is 6.55. The first-order valence-electron chi connectivity index (χ1n) is 12.5. The fraction of sp³-hybridized carbons (Fsp3) is 0.464. The van der Waals surface area contributed by atoms with Crippen molar-refractivity contribution in [2.75, 3.05) is 26.8 Å². The van der Waals surface area contributed by atoms with Crippen LogP contribution in [0.15, 0.2) is 48.5 Å². The Balaban J connectivity index is 1.76. The minimum atomic E-state index is -0.623. The molecule has 0 radical (unpaired) electrons. The number of amides is 2. The highest BCUT2D eigenvalue weighted by molar-refractivity contribution is 5.85. The minimum Gasteiger partial charge on any atom is -0.496 e. The number of carbonyl (C=O) groups excluding carboxylic acids is 3. The van der Waals surface area contributed by atoms with Gasteiger partial charge in [0.2, 0.25) is 5.91 Å². The molecule has 2 aromatic carbocycles. The summed E-state index contributed by atoms with van der Waals surface area (Å²) < 4.78 is 24.6. The van der Waals surface area contributed by atoms with Crippen molar-refractivity contribution in [2.24, 2.45) is 5.92 Å². The van der Waals surface area contributed by atoms with Gasteiger partial charge in [-0.05, 0) is 43.5 Å². The maximum absolute atomic E-state index is 13.5. The molecule has 3 rings (SSSR count). The van der Waals surface area contributed by atoms with Crippen LogP contribution in [0.3, 0.4) is 0 Å². The van der Waals surface area contributed by atoms with Crippen LogP contribution in [0.4, 0.5) is 4.39 Å². The summed E-state index contributed by atoms with van der Waals surface area (Å²) in [6.07, 6.45) is 2.29.